The summed E-state index contributed by atoms with van der Waals surface area (Å²) in [6.07, 6.45) is -2.78. The zero-order valence-corrected chi connectivity index (χ0v) is 18.2. The molecule has 11 heteroatoms. The van der Waals surface area contributed by atoms with Gasteiger partial charge in [-0.05, 0) is 30.3 Å². The standard InChI is InChI=1S/C21H24F3N5O2S/c22-21(23,24)16-3-1-4-17(13-16)25-14-19-26-27-20(29(19)15-18-5-2-9-31-18)32-12-8-28-6-10-30-11-7-28/h1-5,9,13,25H,6-8,10-12,14-15H2. The molecule has 7 nitrogen and oxygen atoms in total. The van der Waals surface area contributed by atoms with Crippen molar-refractivity contribution in [2.45, 2.75) is 24.4 Å². The lowest BCUT2D eigenvalue weighted by Gasteiger charge is -2.26. The Balaban J connectivity index is 1.43. The molecule has 3 aromatic rings. The highest BCUT2D eigenvalue weighted by atomic mass is 32.2. The molecule has 0 amide bonds. The summed E-state index contributed by atoms with van der Waals surface area (Å²) >= 11 is 1.60. The van der Waals surface area contributed by atoms with E-state index in [-0.39, 0.29) is 6.54 Å². The monoisotopic (exact) mass is 467 g/mol. The number of hydrogen-bond acceptors (Lipinski definition) is 7. The number of morpholine rings is 1. The van der Waals surface area contributed by atoms with E-state index in [9.17, 15) is 13.2 Å². The quantitative estimate of drug-likeness (QED) is 0.478. The van der Waals surface area contributed by atoms with Gasteiger partial charge in [-0.2, -0.15) is 13.2 Å². The maximum atomic E-state index is 13.0. The number of nitrogens with zero attached hydrogens (tertiary/aromatic N) is 4. The number of alkyl halides is 3. The molecule has 1 saturated heterocycles. The second-order valence-electron chi connectivity index (χ2n) is 7.30. The summed E-state index contributed by atoms with van der Waals surface area (Å²) in [5.74, 6) is 2.21. The van der Waals surface area contributed by atoms with Crippen LogP contribution in [0.4, 0.5) is 18.9 Å². The number of nitrogens with one attached hydrogen (secondary N) is 1. The number of hydrogen-bond donors (Lipinski definition) is 1. The zero-order chi connectivity index (χ0) is 22.4. The number of rotatable bonds is 9. The fourth-order valence-corrected chi connectivity index (χ4v) is 4.31. The van der Waals surface area contributed by atoms with Gasteiger partial charge < -0.3 is 14.5 Å². The third-order valence-corrected chi connectivity index (χ3v) is 6.02. The number of halogens is 3. The van der Waals surface area contributed by atoms with E-state index in [0.29, 0.717) is 18.1 Å². The smallest absolute Gasteiger partial charge is 0.416 e. The number of anilines is 1. The summed E-state index contributed by atoms with van der Waals surface area (Å²) in [5, 5.41) is 12.4. The van der Waals surface area contributed by atoms with E-state index in [2.05, 4.69) is 20.4 Å². The molecule has 1 aliphatic heterocycles. The summed E-state index contributed by atoms with van der Waals surface area (Å²) < 4.78 is 51.7. The lowest BCUT2D eigenvalue weighted by atomic mass is 10.2. The Hall–Kier alpha value is -2.50. The van der Waals surface area contributed by atoms with Crippen molar-refractivity contribution in [3.63, 3.8) is 0 Å². The van der Waals surface area contributed by atoms with Crippen molar-refractivity contribution in [1.82, 2.24) is 19.7 Å². The molecule has 0 unspecified atom stereocenters. The van der Waals surface area contributed by atoms with Gasteiger partial charge >= 0.3 is 6.18 Å². The van der Waals surface area contributed by atoms with Crippen molar-refractivity contribution in [2.75, 3.05) is 43.9 Å². The van der Waals surface area contributed by atoms with Gasteiger partial charge in [0.25, 0.3) is 0 Å². The first-order valence-electron chi connectivity index (χ1n) is 10.3. The molecule has 0 bridgehead atoms. The second-order valence-corrected chi connectivity index (χ2v) is 8.36. The molecule has 1 N–H and O–H groups in total. The lowest BCUT2D eigenvalue weighted by Crippen LogP contribution is -2.37. The topological polar surface area (TPSA) is 68.3 Å². The lowest BCUT2D eigenvalue weighted by molar-refractivity contribution is -0.137. The first kappa shape index (κ1) is 22.7. The van der Waals surface area contributed by atoms with Crippen LogP contribution in [0, 0.1) is 0 Å². The minimum absolute atomic E-state index is 0.235. The number of thioether (sulfide) groups is 1. The van der Waals surface area contributed by atoms with Gasteiger partial charge in [-0.25, -0.2) is 0 Å². The predicted octanol–water partition coefficient (Wildman–Crippen LogP) is 3.97. The Morgan fingerprint density at radius 3 is 2.69 bits per heavy atom. The normalized spacial score (nSPS) is 15.2. The molecular formula is C21H24F3N5O2S. The molecule has 3 heterocycles. The molecule has 0 aliphatic carbocycles. The van der Waals surface area contributed by atoms with Crippen molar-refractivity contribution in [3.05, 3.63) is 59.8 Å². The van der Waals surface area contributed by atoms with Gasteiger partial charge in [0, 0.05) is 31.1 Å². The number of aromatic nitrogens is 3. The highest BCUT2D eigenvalue weighted by Gasteiger charge is 2.30. The van der Waals surface area contributed by atoms with Crippen LogP contribution >= 0.6 is 11.8 Å². The van der Waals surface area contributed by atoms with E-state index in [1.165, 1.54) is 6.07 Å². The van der Waals surface area contributed by atoms with Crippen molar-refractivity contribution >= 4 is 17.4 Å². The van der Waals surface area contributed by atoms with E-state index in [1.54, 1.807) is 24.1 Å². The van der Waals surface area contributed by atoms with Crippen LogP contribution in [0.5, 0.6) is 0 Å². The van der Waals surface area contributed by atoms with Crippen LogP contribution < -0.4 is 5.32 Å². The molecule has 0 radical (unpaired) electrons. The summed E-state index contributed by atoms with van der Waals surface area (Å²) in [5.41, 5.74) is -0.326. The maximum Gasteiger partial charge on any atom is 0.416 e. The third kappa shape index (κ3) is 6.05. The van der Waals surface area contributed by atoms with Gasteiger partial charge in [-0.15, -0.1) is 10.2 Å². The van der Waals surface area contributed by atoms with Crippen LogP contribution in [0.15, 0.2) is 52.2 Å². The first-order chi connectivity index (χ1) is 15.5. The Kier molecular flexibility index (Phi) is 7.38. The SMILES string of the molecule is FC(F)(F)c1cccc(NCc2nnc(SCCN3CCOCC3)n2Cc2ccco2)c1. The van der Waals surface area contributed by atoms with Gasteiger partial charge in [-0.1, -0.05) is 17.8 Å². The van der Waals surface area contributed by atoms with Crippen LogP contribution in [-0.2, 0) is 24.0 Å². The number of ether oxygens (including phenoxy) is 1. The minimum atomic E-state index is -4.39. The fraction of sp³-hybridized carbons (Fsp3) is 0.429. The molecular weight excluding hydrogens is 443 g/mol. The van der Waals surface area contributed by atoms with Crippen molar-refractivity contribution < 1.29 is 22.3 Å². The highest BCUT2D eigenvalue weighted by molar-refractivity contribution is 7.99. The van der Waals surface area contributed by atoms with Gasteiger partial charge in [-0.3, -0.25) is 9.47 Å². The van der Waals surface area contributed by atoms with Gasteiger partial charge in [0.15, 0.2) is 11.0 Å². The third-order valence-electron chi connectivity index (χ3n) is 5.07. The first-order valence-corrected chi connectivity index (χ1v) is 11.3. The molecule has 0 spiro atoms. The van der Waals surface area contributed by atoms with E-state index in [4.69, 9.17) is 9.15 Å². The highest BCUT2D eigenvalue weighted by Crippen LogP contribution is 2.30. The van der Waals surface area contributed by atoms with Crippen LogP contribution in [0.3, 0.4) is 0 Å². The fourth-order valence-electron chi connectivity index (χ4n) is 3.35. The van der Waals surface area contributed by atoms with Crippen LogP contribution in [0.1, 0.15) is 17.1 Å². The summed E-state index contributed by atoms with van der Waals surface area (Å²) in [6.45, 7) is 4.95. The summed E-state index contributed by atoms with van der Waals surface area (Å²) in [7, 11) is 0. The molecule has 172 valence electrons. The van der Waals surface area contributed by atoms with Crippen molar-refractivity contribution in [1.29, 1.82) is 0 Å². The Bertz CT molecular complexity index is 988. The van der Waals surface area contributed by atoms with E-state index in [1.807, 2.05) is 16.7 Å². The van der Waals surface area contributed by atoms with E-state index >= 15 is 0 Å². The van der Waals surface area contributed by atoms with Crippen molar-refractivity contribution in [3.8, 4) is 0 Å². The van der Waals surface area contributed by atoms with Crippen LogP contribution in [0.2, 0.25) is 0 Å². The number of benzene rings is 1. The molecule has 2 aromatic heterocycles. The molecule has 1 fully saturated rings. The average Bonchev–Trinajstić information content (AvgIpc) is 3.43. The van der Waals surface area contributed by atoms with Gasteiger partial charge in [0.1, 0.15) is 5.76 Å². The number of furan rings is 1. The maximum absolute atomic E-state index is 13.0. The second kappa shape index (κ2) is 10.4. The van der Waals surface area contributed by atoms with Gasteiger partial charge in [0.05, 0.1) is 38.1 Å². The van der Waals surface area contributed by atoms with Crippen molar-refractivity contribution in [2.24, 2.45) is 0 Å². The van der Waals surface area contributed by atoms with E-state index < -0.39 is 11.7 Å². The molecule has 32 heavy (non-hydrogen) atoms. The Labute approximate surface area is 187 Å². The largest absolute Gasteiger partial charge is 0.467 e. The summed E-state index contributed by atoms with van der Waals surface area (Å²) in [6, 6.07) is 8.79. The Morgan fingerprint density at radius 1 is 1.09 bits per heavy atom. The average molecular weight is 468 g/mol. The van der Waals surface area contributed by atoms with Crippen LogP contribution in [-0.4, -0.2) is 58.3 Å². The Morgan fingerprint density at radius 2 is 1.94 bits per heavy atom. The molecule has 1 aliphatic rings. The summed E-state index contributed by atoms with van der Waals surface area (Å²) in [4.78, 5) is 2.35. The molecule has 0 atom stereocenters. The van der Waals surface area contributed by atoms with Gasteiger partial charge in [0.2, 0.25) is 0 Å². The van der Waals surface area contributed by atoms with E-state index in [0.717, 1.165) is 61.7 Å². The predicted molar refractivity (Wildman–Crippen MR) is 115 cm³/mol. The zero-order valence-electron chi connectivity index (χ0n) is 17.3. The van der Waals surface area contributed by atoms with Crippen LogP contribution in [0.25, 0.3) is 0 Å². The molecule has 0 saturated carbocycles. The molecule has 4 rings (SSSR count). The minimum Gasteiger partial charge on any atom is -0.467 e. The molecule has 1 aromatic carbocycles.